The van der Waals surface area contributed by atoms with Gasteiger partial charge in [-0.3, -0.25) is 4.57 Å². The Morgan fingerprint density at radius 3 is 2.42 bits per heavy atom. The van der Waals surface area contributed by atoms with E-state index < -0.39 is 28.9 Å². The van der Waals surface area contributed by atoms with Crippen LogP contribution in [0.25, 0.3) is 0 Å². The third-order valence-electron chi connectivity index (χ3n) is 5.73. The van der Waals surface area contributed by atoms with Crippen molar-refractivity contribution in [3.63, 3.8) is 0 Å². The van der Waals surface area contributed by atoms with Gasteiger partial charge in [-0.25, -0.2) is 22.6 Å². The minimum absolute atomic E-state index is 0.291. The van der Waals surface area contributed by atoms with Crippen molar-refractivity contribution in [3.8, 4) is 0 Å². The molecular weight excluding hydrogens is 319 g/mol. The number of aromatic nitrogens is 3. The molecule has 0 N–H and O–H groups in total. The SMILES string of the molecule is O=c1n(C23CC(F)(C2)C3)nc2n1[C@H](c1cc(F)cc(F)c1)CCC2. The average molecular weight is 335 g/mol. The van der Waals surface area contributed by atoms with E-state index in [2.05, 4.69) is 5.10 Å². The summed E-state index contributed by atoms with van der Waals surface area (Å²) in [6.07, 6.45) is 3.09. The highest BCUT2D eigenvalue weighted by Gasteiger charge is 2.71. The van der Waals surface area contributed by atoms with Crippen LogP contribution in [0.1, 0.15) is 49.5 Å². The third-order valence-corrected chi connectivity index (χ3v) is 5.73. The molecule has 7 heteroatoms. The molecule has 3 saturated carbocycles. The maximum absolute atomic E-state index is 13.8. The van der Waals surface area contributed by atoms with Crippen LogP contribution in [0.3, 0.4) is 0 Å². The standard InChI is InChI=1S/C17H16F3N3O/c18-11-4-10(5-12(19)6-11)13-2-1-3-14-21-23(15(24)22(13)14)17-7-16(20,8-17)9-17/h4-6,13H,1-3,7-9H2/t13-,16?,17?/m0/s1. The molecule has 1 atom stereocenters. The van der Waals surface area contributed by atoms with Crippen molar-refractivity contribution < 1.29 is 13.2 Å². The van der Waals surface area contributed by atoms with Crippen molar-refractivity contribution in [2.75, 3.05) is 0 Å². The number of nitrogens with zero attached hydrogens (tertiary/aromatic N) is 3. The highest BCUT2D eigenvalue weighted by Crippen LogP contribution is 2.66. The summed E-state index contributed by atoms with van der Waals surface area (Å²) < 4.78 is 43.9. The molecule has 2 aromatic rings. The van der Waals surface area contributed by atoms with E-state index in [0.717, 1.165) is 12.5 Å². The predicted molar refractivity (Wildman–Crippen MR) is 79.6 cm³/mol. The number of rotatable bonds is 2. The lowest BCUT2D eigenvalue weighted by Crippen LogP contribution is -2.72. The summed E-state index contributed by atoms with van der Waals surface area (Å²) in [7, 11) is 0. The highest BCUT2D eigenvalue weighted by atomic mass is 19.1. The molecule has 6 rings (SSSR count). The molecule has 1 aromatic heterocycles. The monoisotopic (exact) mass is 335 g/mol. The van der Waals surface area contributed by atoms with Crippen molar-refractivity contribution in [2.24, 2.45) is 0 Å². The fraction of sp³-hybridized carbons (Fsp3) is 0.529. The summed E-state index contributed by atoms with van der Waals surface area (Å²) in [6.45, 7) is 0. The Labute approximate surface area is 135 Å². The van der Waals surface area contributed by atoms with Crippen molar-refractivity contribution in [1.29, 1.82) is 0 Å². The molecule has 0 radical (unpaired) electrons. The Hall–Kier alpha value is -2.05. The van der Waals surface area contributed by atoms with Crippen LogP contribution in [0.5, 0.6) is 0 Å². The minimum atomic E-state index is -1.12. The van der Waals surface area contributed by atoms with Gasteiger partial charge in [0.2, 0.25) is 0 Å². The molecule has 0 saturated heterocycles. The van der Waals surface area contributed by atoms with Crippen molar-refractivity contribution >= 4 is 0 Å². The first-order valence-corrected chi connectivity index (χ1v) is 8.25. The molecule has 3 fully saturated rings. The van der Waals surface area contributed by atoms with Gasteiger partial charge in [0.05, 0.1) is 11.6 Å². The largest absolute Gasteiger partial charge is 0.347 e. The van der Waals surface area contributed by atoms with Crippen LogP contribution in [0.2, 0.25) is 0 Å². The lowest BCUT2D eigenvalue weighted by atomic mass is 9.47. The molecule has 4 aliphatic rings. The molecule has 0 amide bonds. The van der Waals surface area contributed by atoms with Crippen LogP contribution in [0.4, 0.5) is 13.2 Å². The smallest absolute Gasteiger partial charge is 0.271 e. The van der Waals surface area contributed by atoms with Crippen LogP contribution in [0, 0.1) is 11.6 Å². The zero-order chi connectivity index (χ0) is 16.7. The second-order valence-electron chi connectivity index (χ2n) is 7.50. The normalized spacial score (nSPS) is 33.5. The first kappa shape index (κ1) is 14.3. The molecule has 2 bridgehead atoms. The summed E-state index contributed by atoms with van der Waals surface area (Å²) in [6, 6.07) is 2.93. The van der Waals surface area contributed by atoms with Gasteiger partial charge >= 0.3 is 5.69 Å². The highest BCUT2D eigenvalue weighted by molar-refractivity contribution is 5.26. The van der Waals surface area contributed by atoms with E-state index in [0.29, 0.717) is 43.5 Å². The predicted octanol–water partition coefficient (Wildman–Crippen LogP) is 2.85. The first-order chi connectivity index (χ1) is 11.4. The Morgan fingerprint density at radius 1 is 1.12 bits per heavy atom. The summed E-state index contributed by atoms with van der Waals surface area (Å²) in [5.74, 6) is -0.689. The van der Waals surface area contributed by atoms with Gasteiger partial charge in [-0.2, -0.15) is 5.10 Å². The molecule has 1 aliphatic heterocycles. The third kappa shape index (κ3) is 1.75. The van der Waals surface area contributed by atoms with Gasteiger partial charge in [-0.1, -0.05) is 0 Å². The van der Waals surface area contributed by atoms with Crippen molar-refractivity contribution in [1.82, 2.24) is 14.3 Å². The maximum Gasteiger partial charge on any atom is 0.347 e. The Bertz CT molecular complexity index is 876. The summed E-state index contributed by atoms with van der Waals surface area (Å²) >= 11 is 0. The Kier molecular flexibility index (Phi) is 2.57. The van der Waals surface area contributed by atoms with E-state index in [1.54, 1.807) is 4.57 Å². The lowest BCUT2D eigenvalue weighted by Gasteiger charge is -2.64. The summed E-state index contributed by atoms with van der Waals surface area (Å²) in [4.78, 5) is 12.9. The fourth-order valence-corrected chi connectivity index (χ4v) is 4.72. The minimum Gasteiger partial charge on any atom is -0.271 e. The molecule has 126 valence electrons. The average Bonchev–Trinajstić information content (AvgIpc) is 2.79. The van der Waals surface area contributed by atoms with E-state index in [4.69, 9.17) is 0 Å². The Morgan fingerprint density at radius 2 is 1.79 bits per heavy atom. The zero-order valence-electron chi connectivity index (χ0n) is 12.9. The number of alkyl halides is 1. The van der Waals surface area contributed by atoms with Crippen LogP contribution in [0.15, 0.2) is 23.0 Å². The number of benzene rings is 1. The lowest BCUT2D eigenvalue weighted by molar-refractivity contribution is -0.205. The van der Waals surface area contributed by atoms with E-state index in [1.807, 2.05) is 0 Å². The Balaban J connectivity index is 1.61. The van der Waals surface area contributed by atoms with Gasteiger partial charge in [-0.15, -0.1) is 0 Å². The van der Waals surface area contributed by atoms with Crippen LogP contribution in [-0.4, -0.2) is 20.0 Å². The molecule has 24 heavy (non-hydrogen) atoms. The van der Waals surface area contributed by atoms with E-state index in [-0.39, 0.29) is 5.69 Å². The van der Waals surface area contributed by atoms with Crippen LogP contribution < -0.4 is 5.69 Å². The number of hydrogen-bond donors (Lipinski definition) is 0. The van der Waals surface area contributed by atoms with Crippen molar-refractivity contribution in [3.05, 3.63) is 51.7 Å². The number of aryl methyl sites for hydroxylation is 1. The summed E-state index contributed by atoms with van der Waals surface area (Å²) in [5.41, 5.74) is -1.45. The van der Waals surface area contributed by atoms with Crippen LogP contribution >= 0.6 is 0 Å². The number of hydrogen-bond acceptors (Lipinski definition) is 2. The summed E-state index contributed by atoms with van der Waals surface area (Å²) in [5, 5.41) is 4.45. The van der Waals surface area contributed by atoms with E-state index >= 15 is 0 Å². The van der Waals surface area contributed by atoms with Crippen molar-refractivity contribution in [2.45, 2.75) is 55.8 Å². The fourth-order valence-electron chi connectivity index (χ4n) is 4.72. The molecule has 3 aliphatic carbocycles. The number of fused-ring (bicyclic) bond motifs is 1. The molecule has 0 unspecified atom stereocenters. The van der Waals surface area contributed by atoms with Gasteiger partial charge in [-0.05, 0) is 30.5 Å². The maximum atomic E-state index is 13.8. The van der Waals surface area contributed by atoms with Gasteiger partial charge in [0.15, 0.2) is 0 Å². The molecule has 0 spiro atoms. The topological polar surface area (TPSA) is 39.8 Å². The van der Waals surface area contributed by atoms with E-state index in [1.165, 1.54) is 16.8 Å². The quantitative estimate of drug-likeness (QED) is 0.847. The molecular formula is C17H16F3N3O. The first-order valence-electron chi connectivity index (χ1n) is 8.25. The second kappa shape index (κ2) is 4.32. The zero-order valence-corrected chi connectivity index (χ0v) is 12.9. The molecule has 1 aromatic carbocycles. The van der Waals surface area contributed by atoms with Gasteiger partial charge in [0.25, 0.3) is 0 Å². The van der Waals surface area contributed by atoms with Gasteiger partial charge in [0, 0.05) is 31.7 Å². The second-order valence-corrected chi connectivity index (χ2v) is 7.50. The molecule has 4 nitrogen and oxygen atoms in total. The van der Waals surface area contributed by atoms with E-state index in [9.17, 15) is 18.0 Å². The van der Waals surface area contributed by atoms with Gasteiger partial charge in [0.1, 0.15) is 23.1 Å². The molecule has 2 heterocycles. The van der Waals surface area contributed by atoms with Crippen LogP contribution in [-0.2, 0) is 12.0 Å². The van der Waals surface area contributed by atoms with Gasteiger partial charge < -0.3 is 0 Å². The number of halogens is 3.